The first-order valence-corrected chi connectivity index (χ1v) is 5.98. The van der Waals surface area contributed by atoms with Crippen LogP contribution < -0.4 is 16.8 Å². The van der Waals surface area contributed by atoms with E-state index in [4.69, 9.17) is 11.5 Å². The zero-order chi connectivity index (χ0) is 14.0. The van der Waals surface area contributed by atoms with Crippen LogP contribution in [0, 0.1) is 0 Å². The molecule has 1 aromatic heterocycles. The van der Waals surface area contributed by atoms with Gasteiger partial charge in [0, 0.05) is 12.2 Å². The highest BCUT2D eigenvalue weighted by atomic mass is 16.1. The standard InChI is InChI=1S/C13H17N5O/c1-8(2)18-7-9(6-16-18)17-12-10(13(15)19)4-3-5-11(12)14/h3-8,17H,14H2,1-2H3,(H2,15,19). The highest BCUT2D eigenvalue weighted by Gasteiger charge is 2.12. The quantitative estimate of drug-likeness (QED) is 0.730. The number of hydrogen-bond donors (Lipinski definition) is 3. The van der Waals surface area contributed by atoms with Gasteiger partial charge >= 0.3 is 0 Å². The summed E-state index contributed by atoms with van der Waals surface area (Å²) in [6.07, 6.45) is 3.53. The van der Waals surface area contributed by atoms with Gasteiger partial charge in [-0.2, -0.15) is 5.10 Å². The van der Waals surface area contributed by atoms with Crippen LogP contribution >= 0.6 is 0 Å². The minimum absolute atomic E-state index is 0.263. The summed E-state index contributed by atoms with van der Waals surface area (Å²) in [6, 6.07) is 5.30. The molecule has 6 nitrogen and oxygen atoms in total. The molecule has 1 amide bonds. The van der Waals surface area contributed by atoms with E-state index in [1.807, 2.05) is 24.7 Å². The van der Waals surface area contributed by atoms with E-state index >= 15 is 0 Å². The number of carbonyl (C=O) groups excluding carboxylic acids is 1. The number of para-hydroxylation sites is 1. The first kappa shape index (κ1) is 12.9. The lowest BCUT2D eigenvalue weighted by Gasteiger charge is -2.11. The van der Waals surface area contributed by atoms with E-state index in [9.17, 15) is 4.79 Å². The van der Waals surface area contributed by atoms with Crippen LogP contribution in [0.25, 0.3) is 0 Å². The highest BCUT2D eigenvalue weighted by molar-refractivity contribution is 6.02. The Morgan fingerprint density at radius 1 is 1.42 bits per heavy atom. The van der Waals surface area contributed by atoms with Gasteiger partial charge in [0.1, 0.15) is 0 Å². The molecule has 0 aliphatic rings. The first-order chi connectivity index (χ1) is 8.99. The molecule has 0 fully saturated rings. The lowest BCUT2D eigenvalue weighted by atomic mass is 10.1. The number of anilines is 3. The van der Waals surface area contributed by atoms with Gasteiger partial charge in [-0.3, -0.25) is 9.48 Å². The van der Waals surface area contributed by atoms with E-state index in [0.29, 0.717) is 16.9 Å². The maximum absolute atomic E-state index is 11.4. The third-order valence-corrected chi connectivity index (χ3v) is 2.76. The maximum atomic E-state index is 11.4. The molecule has 100 valence electrons. The normalized spacial score (nSPS) is 10.7. The summed E-state index contributed by atoms with van der Waals surface area (Å²) in [5.74, 6) is -0.522. The Morgan fingerprint density at radius 3 is 2.74 bits per heavy atom. The number of nitrogen functional groups attached to an aromatic ring is 1. The van der Waals surface area contributed by atoms with Crippen LogP contribution in [0.1, 0.15) is 30.2 Å². The number of aromatic nitrogens is 2. The van der Waals surface area contributed by atoms with E-state index in [1.165, 1.54) is 0 Å². The van der Waals surface area contributed by atoms with Crippen molar-refractivity contribution < 1.29 is 4.79 Å². The van der Waals surface area contributed by atoms with Crippen LogP contribution in [0.2, 0.25) is 0 Å². The van der Waals surface area contributed by atoms with E-state index < -0.39 is 5.91 Å². The van der Waals surface area contributed by atoms with Crippen LogP contribution in [0.4, 0.5) is 17.1 Å². The SMILES string of the molecule is CC(C)n1cc(Nc2c(N)cccc2C(N)=O)cn1. The summed E-state index contributed by atoms with van der Waals surface area (Å²) in [5, 5.41) is 7.30. The minimum Gasteiger partial charge on any atom is -0.397 e. The summed E-state index contributed by atoms with van der Waals surface area (Å²) in [6.45, 7) is 4.06. The molecule has 0 radical (unpaired) electrons. The van der Waals surface area contributed by atoms with Crippen molar-refractivity contribution in [1.29, 1.82) is 0 Å². The Kier molecular flexibility index (Phi) is 3.41. The fourth-order valence-electron chi connectivity index (χ4n) is 1.74. The third kappa shape index (κ3) is 2.67. The summed E-state index contributed by atoms with van der Waals surface area (Å²) in [5.41, 5.74) is 13.3. The molecule has 0 saturated heterocycles. The number of nitrogens with one attached hydrogen (secondary N) is 1. The lowest BCUT2D eigenvalue weighted by molar-refractivity contribution is 0.100. The molecule has 0 bridgehead atoms. The number of rotatable bonds is 4. The average molecular weight is 259 g/mol. The Hall–Kier alpha value is -2.50. The van der Waals surface area contributed by atoms with E-state index in [1.54, 1.807) is 24.4 Å². The summed E-state index contributed by atoms with van der Waals surface area (Å²) < 4.78 is 1.81. The fourth-order valence-corrected chi connectivity index (χ4v) is 1.74. The van der Waals surface area contributed by atoms with Crippen molar-refractivity contribution >= 4 is 23.0 Å². The number of benzene rings is 1. The molecule has 1 heterocycles. The number of carbonyl (C=O) groups is 1. The van der Waals surface area contributed by atoms with Gasteiger partial charge in [-0.25, -0.2) is 0 Å². The Morgan fingerprint density at radius 2 is 2.16 bits per heavy atom. The van der Waals surface area contributed by atoms with Gasteiger partial charge in [-0.1, -0.05) is 6.07 Å². The first-order valence-electron chi connectivity index (χ1n) is 5.98. The number of amides is 1. The van der Waals surface area contributed by atoms with Gasteiger partial charge in [0.2, 0.25) is 0 Å². The second kappa shape index (κ2) is 5.01. The fraction of sp³-hybridized carbons (Fsp3) is 0.231. The van der Waals surface area contributed by atoms with Crippen LogP contribution in [0.3, 0.4) is 0 Å². The molecule has 2 rings (SSSR count). The largest absolute Gasteiger partial charge is 0.397 e. The van der Waals surface area contributed by atoms with Crippen molar-refractivity contribution in [1.82, 2.24) is 9.78 Å². The molecule has 1 aromatic carbocycles. The molecule has 0 saturated carbocycles. The Labute approximate surface area is 111 Å². The summed E-state index contributed by atoms with van der Waals surface area (Å²) in [7, 11) is 0. The molecular weight excluding hydrogens is 242 g/mol. The van der Waals surface area contributed by atoms with E-state index in [2.05, 4.69) is 10.4 Å². The van der Waals surface area contributed by atoms with Crippen molar-refractivity contribution in [3.05, 3.63) is 36.2 Å². The molecule has 0 spiro atoms. The Balaban J connectivity index is 2.34. The topological polar surface area (TPSA) is 99.0 Å². The lowest BCUT2D eigenvalue weighted by Crippen LogP contribution is -2.14. The molecule has 0 unspecified atom stereocenters. The second-order valence-electron chi connectivity index (χ2n) is 4.56. The smallest absolute Gasteiger partial charge is 0.250 e. The predicted octanol–water partition coefficient (Wildman–Crippen LogP) is 1.89. The van der Waals surface area contributed by atoms with Gasteiger partial charge in [0.15, 0.2) is 0 Å². The molecule has 19 heavy (non-hydrogen) atoms. The maximum Gasteiger partial charge on any atom is 0.250 e. The zero-order valence-electron chi connectivity index (χ0n) is 10.9. The van der Waals surface area contributed by atoms with Crippen molar-refractivity contribution in [2.24, 2.45) is 5.73 Å². The number of nitrogens with two attached hydrogens (primary N) is 2. The summed E-state index contributed by atoms with van der Waals surface area (Å²) >= 11 is 0. The number of hydrogen-bond acceptors (Lipinski definition) is 4. The van der Waals surface area contributed by atoms with Crippen LogP contribution in [-0.2, 0) is 0 Å². The van der Waals surface area contributed by atoms with E-state index in [-0.39, 0.29) is 6.04 Å². The molecule has 0 atom stereocenters. The molecule has 0 aliphatic heterocycles. The van der Waals surface area contributed by atoms with Crippen LogP contribution in [-0.4, -0.2) is 15.7 Å². The highest BCUT2D eigenvalue weighted by Crippen LogP contribution is 2.27. The van der Waals surface area contributed by atoms with Gasteiger partial charge in [-0.15, -0.1) is 0 Å². The number of primary amides is 1. The van der Waals surface area contributed by atoms with Crippen molar-refractivity contribution in [3.8, 4) is 0 Å². The van der Waals surface area contributed by atoms with Gasteiger partial charge in [-0.05, 0) is 26.0 Å². The zero-order valence-corrected chi connectivity index (χ0v) is 10.9. The van der Waals surface area contributed by atoms with E-state index in [0.717, 1.165) is 5.69 Å². The molecule has 5 N–H and O–H groups in total. The van der Waals surface area contributed by atoms with Crippen molar-refractivity contribution in [2.45, 2.75) is 19.9 Å². The second-order valence-corrected chi connectivity index (χ2v) is 4.56. The monoisotopic (exact) mass is 259 g/mol. The van der Waals surface area contributed by atoms with Gasteiger partial charge in [0.05, 0.1) is 28.8 Å². The Bertz CT molecular complexity index is 603. The summed E-state index contributed by atoms with van der Waals surface area (Å²) in [4.78, 5) is 11.4. The predicted molar refractivity (Wildman–Crippen MR) is 75.3 cm³/mol. The number of nitrogens with zero attached hydrogens (tertiary/aromatic N) is 2. The van der Waals surface area contributed by atoms with Crippen LogP contribution in [0.5, 0.6) is 0 Å². The molecule has 2 aromatic rings. The molecule has 6 heteroatoms. The van der Waals surface area contributed by atoms with Gasteiger partial charge in [0.25, 0.3) is 5.91 Å². The van der Waals surface area contributed by atoms with Gasteiger partial charge < -0.3 is 16.8 Å². The minimum atomic E-state index is -0.522. The average Bonchev–Trinajstić information content (AvgIpc) is 2.80. The third-order valence-electron chi connectivity index (χ3n) is 2.76. The van der Waals surface area contributed by atoms with Crippen molar-refractivity contribution in [2.75, 3.05) is 11.1 Å². The molecule has 0 aliphatic carbocycles. The van der Waals surface area contributed by atoms with Crippen molar-refractivity contribution in [3.63, 3.8) is 0 Å². The van der Waals surface area contributed by atoms with Crippen LogP contribution in [0.15, 0.2) is 30.6 Å². The molecular formula is C13H17N5O.